The van der Waals surface area contributed by atoms with Crippen molar-refractivity contribution in [1.82, 2.24) is 5.32 Å². The van der Waals surface area contributed by atoms with Crippen molar-refractivity contribution in [3.63, 3.8) is 0 Å². The summed E-state index contributed by atoms with van der Waals surface area (Å²) < 4.78 is 5.09. The number of rotatable bonds is 1. The van der Waals surface area contributed by atoms with Gasteiger partial charge >= 0.3 is 5.97 Å². The molecule has 1 unspecified atom stereocenters. The molecule has 2 N–H and O–H groups in total. The molecule has 11 heavy (non-hydrogen) atoms. The molecule has 0 saturated carbocycles. The van der Waals surface area contributed by atoms with Crippen molar-refractivity contribution >= 4 is 5.97 Å². The van der Waals surface area contributed by atoms with Gasteiger partial charge in [0.1, 0.15) is 0 Å². The second-order valence-electron chi connectivity index (χ2n) is 3.40. The van der Waals surface area contributed by atoms with Gasteiger partial charge in [0.05, 0.1) is 6.61 Å². The normalized spacial score (nSPS) is 29.8. The van der Waals surface area contributed by atoms with Gasteiger partial charge in [-0.15, -0.1) is 0 Å². The van der Waals surface area contributed by atoms with E-state index < -0.39 is 12.1 Å². The molecule has 1 rings (SSSR count). The molecular formula is C7H13NO3. The number of carboxylic acids is 1. The van der Waals surface area contributed by atoms with Crippen LogP contribution in [0.4, 0.5) is 0 Å². The molecular weight excluding hydrogens is 146 g/mol. The summed E-state index contributed by atoms with van der Waals surface area (Å²) in [5.41, 5.74) is -0.0913. The number of nitrogens with one attached hydrogen (secondary N) is 1. The summed E-state index contributed by atoms with van der Waals surface area (Å²) in [4.78, 5) is 10.4. The lowest BCUT2D eigenvalue weighted by Crippen LogP contribution is -2.55. The van der Waals surface area contributed by atoms with Crippen LogP contribution in [0.25, 0.3) is 0 Å². The number of carbonyl (C=O) groups is 1. The van der Waals surface area contributed by atoms with E-state index in [1.165, 1.54) is 0 Å². The van der Waals surface area contributed by atoms with E-state index in [-0.39, 0.29) is 5.54 Å². The molecule has 1 saturated heterocycles. The monoisotopic (exact) mass is 159 g/mol. The summed E-state index contributed by atoms with van der Waals surface area (Å²) in [6, 6.07) is 0. The molecule has 1 fully saturated rings. The smallest absolute Gasteiger partial charge is 0.334 e. The fourth-order valence-corrected chi connectivity index (χ4v) is 0.946. The van der Waals surface area contributed by atoms with Gasteiger partial charge in [-0.25, -0.2) is 4.79 Å². The van der Waals surface area contributed by atoms with E-state index in [1.54, 1.807) is 0 Å². The summed E-state index contributed by atoms with van der Waals surface area (Å²) in [6.45, 7) is 4.79. The Morgan fingerprint density at radius 3 is 2.73 bits per heavy atom. The first-order chi connectivity index (χ1) is 5.01. The Hall–Kier alpha value is -0.610. The van der Waals surface area contributed by atoms with E-state index in [4.69, 9.17) is 9.84 Å². The standard InChI is InChI=1S/C7H13NO3/c1-7(2)4-11-5(3-8-7)6(9)10/h5,8H,3-4H2,1-2H3,(H,9,10). The van der Waals surface area contributed by atoms with Crippen molar-refractivity contribution < 1.29 is 14.6 Å². The molecule has 0 aliphatic carbocycles. The number of carboxylic acid groups (broad SMARTS) is 1. The highest BCUT2D eigenvalue weighted by Crippen LogP contribution is 2.10. The highest BCUT2D eigenvalue weighted by atomic mass is 16.5. The van der Waals surface area contributed by atoms with Crippen molar-refractivity contribution in [3.05, 3.63) is 0 Å². The average Bonchev–Trinajstić information content (AvgIpc) is 1.86. The van der Waals surface area contributed by atoms with E-state index in [2.05, 4.69) is 5.32 Å². The van der Waals surface area contributed by atoms with Gasteiger partial charge in [-0.2, -0.15) is 0 Å². The van der Waals surface area contributed by atoms with Crippen LogP contribution in [0.1, 0.15) is 13.8 Å². The van der Waals surface area contributed by atoms with Crippen molar-refractivity contribution in [2.24, 2.45) is 0 Å². The Bertz CT molecular complexity index is 157. The van der Waals surface area contributed by atoms with Crippen LogP contribution in [0.2, 0.25) is 0 Å². The van der Waals surface area contributed by atoms with Crippen molar-refractivity contribution in [2.45, 2.75) is 25.5 Å². The van der Waals surface area contributed by atoms with E-state index in [0.29, 0.717) is 13.2 Å². The van der Waals surface area contributed by atoms with E-state index in [0.717, 1.165) is 0 Å². The lowest BCUT2D eigenvalue weighted by Gasteiger charge is -2.34. The largest absolute Gasteiger partial charge is 0.479 e. The lowest BCUT2D eigenvalue weighted by atomic mass is 10.1. The Kier molecular flexibility index (Phi) is 2.15. The van der Waals surface area contributed by atoms with Gasteiger partial charge in [-0.05, 0) is 13.8 Å². The molecule has 64 valence electrons. The van der Waals surface area contributed by atoms with Gasteiger partial charge in [0.2, 0.25) is 0 Å². The zero-order valence-electron chi connectivity index (χ0n) is 6.76. The molecule has 0 aromatic rings. The molecule has 0 bridgehead atoms. The maximum Gasteiger partial charge on any atom is 0.334 e. The third-order valence-corrected chi connectivity index (χ3v) is 1.69. The van der Waals surface area contributed by atoms with Gasteiger partial charge < -0.3 is 15.2 Å². The van der Waals surface area contributed by atoms with Gasteiger partial charge in [-0.1, -0.05) is 0 Å². The third kappa shape index (κ3) is 2.17. The van der Waals surface area contributed by atoms with Gasteiger partial charge in [0, 0.05) is 12.1 Å². The SMILES string of the molecule is CC1(C)COC(C(=O)O)CN1. The number of morpholine rings is 1. The molecule has 1 aliphatic rings. The summed E-state index contributed by atoms with van der Waals surface area (Å²) in [5.74, 6) is -0.895. The van der Waals surface area contributed by atoms with Crippen molar-refractivity contribution in [1.29, 1.82) is 0 Å². The maximum absolute atomic E-state index is 10.4. The third-order valence-electron chi connectivity index (χ3n) is 1.69. The van der Waals surface area contributed by atoms with Crippen molar-refractivity contribution in [3.8, 4) is 0 Å². The topological polar surface area (TPSA) is 58.6 Å². The molecule has 0 aromatic heterocycles. The maximum atomic E-state index is 10.4. The van der Waals surface area contributed by atoms with E-state index >= 15 is 0 Å². The second-order valence-corrected chi connectivity index (χ2v) is 3.40. The van der Waals surface area contributed by atoms with Crippen LogP contribution >= 0.6 is 0 Å². The quantitative estimate of drug-likeness (QED) is 0.558. The van der Waals surface area contributed by atoms with Gasteiger partial charge in [0.25, 0.3) is 0 Å². The average molecular weight is 159 g/mol. The Balaban J connectivity index is 2.42. The van der Waals surface area contributed by atoms with E-state index in [1.807, 2.05) is 13.8 Å². The molecule has 0 radical (unpaired) electrons. The summed E-state index contributed by atoms with van der Waals surface area (Å²) >= 11 is 0. The van der Waals surface area contributed by atoms with Crippen LogP contribution in [0.5, 0.6) is 0 Å². The molecule has 4 nitrogen and oxygen atoms in total. The first-order valence-corrected chi connectivity index (χ1v) is 3.61. The Morgan fingerprint density at radius 2 is 2.36 bits per heavy atom. The summed E-state index contributed by atoms with van der Waals surface area (Å²) in [5, 5.41) is 11.6. The number of ether oxygens (including phenoxy) is 1. The molecule has 1 heterocycles. The van der Waals surface area contributed by atoms with E-state index in [9.17, 15) is 4.79 Å². The van der Waals surface area contributed by atoms with Crippen molar-refractivity contribution in [2.75, 3.05) is 13.2 Å². The minimum Gasteiger partial charge on any atom is -0.479 e. The van der Waals surface area contributed by atoms with Crippen LogP contribution in [-0.4, -0.2) is 35.9 Å². The van der Waals surface area contributed by atoms with Crippen LogP contribution < -0.4 is 5.32 Å². The molecule has 0 spiro atoms. The van der Waals surface area contributed by atoms with Crippen LogP contribution in [-0.2, 0) is 9.53 Å². The fourth-order valence-electron chi connectivity index (χ4n) is 0.946. The van der Waals surface area contributed by atoms with Crippen LogP contribution in [0.3, 0.4) is 0 Å². The Morgan fingerprint density at radius 1 is 1.73 bits per heavy atom. The number of hydrogen-bond acceptors (Lipinski definition) is 3. The first kappa shape index (κ1) is 8.49. The predicted octanol–water partition coefficient (Wildman–Crippen LogP) is -0.162. The van der Waals surface area contributed by atoms with Crippen LogP contribution in [0, 0.1) is 0 Å². The highest BCUT2D eigenvalue weighted by molar-refractivity contribution is 5.72. The summed E-state index contributed by atoms with van der Waals surface area (Å²) in [6.07, 6.45) is -0.678. The number of aliphatic carboxylic acids is 1. The lowest BCUT2D eigenvalue weighted by molar-refractivity contribution is -0.154. The zero-order valence-corrected chi connectivity index (χ0v) is 6.76. The predicted molar refractivity (Wildman–Crippen MR) is 39.5 cm³/mol. The first-order valence-electron chi connectivity index (χ1n) is 3.61. The Labute approximate surface area is 65.5 Å². The molecule has 0 aromatic carbocycles. The molecule has 1 aliphatic heterocycles. The minimum atomic E-state index is -0.895. The molecule has 0 amide bonds. The van der Waals surface area contributed by atoms with Gasteiger partial charge in [0.15, 0.2) is 6.10 Å². The second kappa shape index (κ2) is 2.79. The fraction of sp³-hybridized carbons (Fsp3) is 0.857. The molecule has 4 heteroatoms. The minimum absolute atomic E-state index is 0.0913. The summed E-state index contributed by atoms with van der Waals surface area (Å²) in [7, 11) is 0. The zero-order chi connectivity index (χ0) is 8.48. The number of hydrogen-bond donors (Lipinski definition) is 2. The highest BCUT2D eigenvalue weighted by Gasteiger charge is 2.30. The molecule has 1 atom stereocenters. The van der Waals surface area contributed by atoms with Gasteiger partial charge in [-0.3, -0.25) is 0 Å². The van der Waals surface area contributed by atoms with Crippen LogP contribution in [0.15, 0.2) is 0 Å².